The van der Waals surface area contributed by atoms with Gasteiger partial charge in [0.2, 0.25) is 0 Å². The zero-order chi connectivity index (χ0) is 23.1. The molecule has 0 amide bonds. The highest BCUT2D eigenvalue weighted by Gasteiger charge is 2.32. The van der Waals surface area contributed by atoms with E-state index in [2.05, 4.69) is 10.8 Å². The molecule has 0 aliphatic carbocycles. The molecule has 0 fully saturated rings. The van der Waals surface area contributed by atoms with Gasteiger partial charge in [0, 0.05) is 6.42 Å². The van der Waals surface area contributed by atoms with E-state index < -0.39 is 30.3 Å². The van der Waals surface area contributed by atoms with Crippen molar-refractivity contribution < 1.29 is 28.2 Å². The number of nitriles is 1. The van der Waals surface area contributed by atoms with E-state index in [4.69, 9.17) is 4.74 Å². The van der Waals surface area contributed by atoms with Crippen molar-refractivity contribution in [2.24, 2.45) is 0 Å². The van der Waals surface area contributed by atoms with Gasteiger partial charge < -0.3 is 14.6 Å². The molecule has 0 saturated carbocycles. The Morgan fingerprint density at radius 2 is 1.62 bits per heavy atom. The van der Waals surface area contributed by atoms with Crippen molar-refractivity contribution in [3.63, 3.8) is 0 Å². The summed E-state index contributed by atoms with van der Waals surface area (Å²) in [6.45, 7) is 1.29. The van der Waals surface area contributed by atoms with Crippen molar-refractivity contribution in [2.45, 2.75) is 31.3 Å². The third-order valence-electron chi connectivity index (χ3n) is 4.85. The summed E-state index contributed by atoms with van der Waals surface area (Å²) < 4.78 is 37.3. The van der Waals surface area contributed by atoms with Crippen molar-refractivity contribution in [3.8, 4) is 23.3 Å². The SMILES string of the molecule is CCC(F)(F)Oc1ccc(C(C(=O)O)C(C#N)c2cccc(Oc3ccccc3)c2)cc1. The molecule has 164 valence electrons. The zero-order valence-electron chi connectivity index (χ0n) is 17.2. The molecular formula is C25H21F2NO4. The Labute approximate surface area is 184 Å². The fraction of sp³-hybridized carbons (Fsp3) is 0.200. The number of para-hydroxylation sites is 1. The van der Waals surface area contributed by atoms with E-state index in [1.165, 1.54) is 31.2 Å². The van der Waals surface area contributed by atoms with Gasteiger partial charge in [0.25, 0.3) is 0 Å². The second kappa shape index (κ2) is 9.92. The van der Waals surface area contributed by atoms with Crippen LogP contribution in [0.4, 0.5) is 8.78 Å². The van der Waals surface area contributed by atoms with E-state index in [0.29, 0.717) is 22.6 Å². The standard InChI is InChI=1S/C25H21F2NO4/c1-2-25(26,27)32-20-13-11-17(12-14-20)23(24(29)30)22(16-28)18-7-6-10-21(15-18)31-19-8-4-3-5-9-19/h3-15,22-23H,2H2,1H3,(H,29,30). The second-order valence-electron chi connectivity index (χ2n) is 7.07. The number of alkyl halides is 2. The Bertz CT molecular complexity index is 1090. The molecule has 0 aliphatic rings. The van der Waals surface area contributed by atoms with Gasteiger partial charge >= 0.3 is 12.1 Å². The lowest BCUT2D eigenvalue weighted by Gasteiger charge is -2.21. The number of carbonyl (C=O) groups is 1. The average Bonchev–Trinajstić information content (AvgIpc) is 2.78. The van der Waals surface area contributed by atoms with Crippen LogP contribution in [0, 0.1) is 11.3 Å². The quantitative estimate of drug-likeness (QED) is 0.423. The van der Waals surface area contributed by atoms with Crippen LogP contribution >= 0.6 is 0 Å². The number of nitrogens with zero attached hydrogens (tertiary/aromatic N) is 1. The van der Waals surface area contributed by atoms with Crippen molar-refractivity contribution >= 4 is 5.97 Å². The maximum Gasteiger partial charge on any atom is 0.397 e. The lowest BCUT2D eigenvalue weighted by atomic mass is 9.82. The zero-order valence-corrected chi connectivity index (χ0v) is 17.2. The number of carboxylic acid groups (broad SMARTS) is 1. The molecule has 3 aromatic carbocycles. The Hall–Kier alpha value is -3.92. The average molecular weight is 437 g/mol. The fourth-order valence-corrected chi connectivity index (χ4v) is 3.20. The maximum absolute atomic E-state index is 13.5. The Kier molecular flexibility index (Phi) is 7.06. The van der Waals surface area contributed by atoms with Crippen LogP contribution in [-0.2, 0) is 4.79 Å². The highest BCUT2D eigenvalue weighted by molar-refractivity contribution is 5.78. The topological polar surface area (TPSA) is 79.5 Å². The minimum Gasteiger partial charge on any atom is -0.481 e. The van der Waals surface area contributed by atoms with Gasteiger partial charge in [-0.3, -0.25) is 4.79 Å². The van der Waals surface area contributed by atoms with Crippen molar-refractivity contribution in [1.82, 2.24) is 0 Å². The third kappa shape index (κ3) is 5.61. The molecule has 3 aromatic rings. The van der Waals surface area contributed by atoms with Gasteiger partial charge in [-0.05, 0) is 47.5 Å². The second-order valence-corrected chi connectivity index (χ2v) is 7.07. The summed E-state index contributed by atoms with van der Waals surface area (Å²) in [5.41, 5.74) is 0.761. The number of hydrogen-bond acceptors (Lipinski definition) is 4. The van der Waals surface area contributed by atoms with Gasteiger partial charge in [-0.15, -0.1) is 0 Å². The molecule has 3 rings (SSSR count). The molecule has 7 heteroatoms. The molecule has 32 heavy (non-hydrogen) atoms. The van der Waals surface area contributed by atoms with Crippen LogP contribution in [0.5, 0.6) is 17.2 Å². The molecule has 0 saturated heterocycles. The van der Waals surface area contributed by atoms with E-state index in [1.807, 2.05) is 18.2 Å². The highest BCUT2D eigenvalue weighted by atomic mass is 19.3. The number of aliphatic carboxylic acids is 1. The maximum atomic E-state index is 13.5. The summed E-state index contributed by atoms with van der Waals surface area (Å²) in [4.78, 5) is 12.1. The largest absolute Gasteiger partial charge is 0.481 e. The minimum atomic E-state index is -3.32. The van der Waals surface area contributed by atoms with E-state index in [1.54, 1.807) is 36.4 Å². The lowest BCUT2D eigenvalue weighted by Crippen LogP contribution is -2.23. The van der Waals surface area contributed by atoms with Crippen molar-refractivity contribution in [3.05, 3.63) is 90.0 Å². The van der Waals surface area contributed by atoms with E-state index in [0.717, 1.165) is 0 Å². The van der Waals surface area contributed by atoms with E-state index in [9.17, 15) is 23.9 Å². The molecule has 1 N–H and O–H groups in total. The molecule has 2 unspecified atom stereocenters. The van der Waals surface area contributed by atoms with E-state index in [-0.39, 0.29) is 5.75 Å². The van der Waals surface area contributed by atoms with Crippen LogP contribution in [0.2, 0.25) is 0 Å². The summed E-state index contributed by atoms with van der Waals surface area (Å²) in [6, 6.07) is 23.1. The van der Waals surface area contributed by atoms with Gasteiger partial charge in [-0.2, -0.15) is 14.0 Å². The Morgan fingerprint density at radius 3 is 2.22 bits per heavy atom. The number of benzene rings is 3. The number of hydrogen-bond donors (Lipinski definition) is 1. The van der Waals surface area contributed by atoms with Gasteiger partial charge in [0.1, 0.15) is 23.2 Å². The molecule has 0 aliphatic heterocycles. The fourth-order valence-electron chi connectivity index (χ4n) is 3.20. The lowest BCUT2D eigenvalue weighted by molar-refractivity contribution is -0.177. The third-order valence-corrected chi connectivity index (χ3v) is 4.85. The molecule has 0 radical (unpaired) electrons. The molecule has 0 aromatic heterocycles. The first-order valence-electron chi connectivity index (χ1n) is 9.95. The molecule has 5 nitrogen and oxygen atoms in total. The molecule has 0 spiro atoms. The molecule has 0 bridgehead atoms. The molecular weight excluding hydrogens is 416 g/mol. The highest BCUT2D eigenvalue weighted by Crippen LogP contribution is 2.36. The summed E-state index contributed by atoms with van der Waals surface area (Å²) in [5, 5.41) is 19.7. The summed E-state index contributed by atoms with van der Waals surface area (Å²) in [5.74, 6) is -2.48. The number of halogens is 2. The van der Waals surface area contributed by atoms with Crippen molar-refractivity contribution in [2.75, 3.05) is 0 Å². The van der Waals surface area contributed by atoms with Gasteiger partial charge in [-0.25, -0.2) is 0 Å². The minimum absolute atomic E-state index is 0.0866. The summed E-state index contributed by atoms with van der Waals surface area (Å²) in [7, 11) is 0. The monoisotopic (exact) mass is 437 g/mol. The normalized spacial score (nSPS) is 12.9. The van der Waals surface area contributed by atoms with Crippen LogP contribution < -0.4 is 9.47 Å². The van der Waals surface area contributed by atoms with Gasteiger partial charge in [0.05, 0.1) is 12.0 Å². The van der Waals surface area contributed by atoms with Gasteiger partial charge in [0.15, 0.2) is 0 Å². The first kappa shape index (κ1) is 22.8. The van der Waals surface area contributed by atoms with Crippen LogP contribution in [0.1, 0.15) is 36.3 Å². The first-order valence-corrected chi connectivity index (χ1v) is 9.95. The molecule has 2 atom stereocenters. The van der Waals surface area contributed by atoms with E-state index >= 15 is 0 Å². The van der Waals surface area contributed by atoms with Crippen molar-refractivity contribution in [1.29, 1.82) is 5.26 Å². The smallest absolute Gasteiger partial charge is 0.397 e. The Morgan fingerprint density at radius 1 is 0.969 bits per heavy atom. The number of ether oxygens (including phenoxy) is 2. The summed E-state index contributed by atoms with van der Waals surface area (Å²) >= 11 is 0. The predicted molar refractivity (Wildman–Crippen MR) is 114 cm³/mol. The predicted octanol–water partition coefficient (Wildman–Crippen LogP) is 6.34. The van der Waals surface area contributed by atoms with Crippen LogP contribution in [0.25, 0.3) is 0 Å². The van der Waals surface area contributed by atoms with Gasteiger partial charge in [-0.1, -0.05) is 49.4 Å². The number of rotatable bonds is 9. The van der Waals surface area contributed by atoms with Crippen LogP contribution in [-0.4, -0.2) is 17.2 Å². The van der Waals surface area contributed by atoms with Crippen LogP contribution in [0.15, 0.2) is 78.9 Å². The Balaban J connectivity index is 1.88. The van der Waals surface area contributed by atoms with Crippen LogP contribution in [0.3, 0.4) is 0 Å². The molecule has 0 heterocycles. The summed E-state index contributed by atoms with van der Waals surface area (Å²) in [6.07, 6.45) is -3.81. The number of carboxylic acids is 1. The first-order chi connectivity index (χ1) is 15.3.